The third-order valence-corrected chi connectivity index (χ3v) is 4.36. The molecule has 4 nitrogen and oxygen atoms in total. The van der Waals surface area contributed by atoms with Crippen LogP contribution in [0.3, 0.4) is 0 Å². The molecule has 0 heterocycles. The third kappa shape index (κ3) is 3.16. The van der Waals surface area contributed by atoms with Gasteiger partial charge in [-0.05, 0) is 47.2 Å². The van der Waals surface area contributed by atoms with Crippen LogP contribution in [0, 0.1) is 0 Å². The van der Waals surface area contributed by atoms with Gasteiger partial charge in [0, 0.05) is 25.3 Å². The number of hydrogen-bond acceptors (Lipinski definition) is 4. The second-order valence-electron chi connectivity index (χ2n) is 5.96. The van der Waals surface area contributed by atoms with Crippen molar-refractivity contribution in [3.8, 4) is 11.1 Å². The van der Waals surface area contributed by atoms with E-state index in [9.17, 15) is 9.59 Å². The smallest absolute Gasteiger partial charge is 0.188 e. The van der Waals surface area contributed by atoms with Crippen molar-refractivity contribution in [3.05, 3.63) is 58.7 Å². The molecule has 0 unspecified atom stereocenters. The van der Waals surface area contributed by atoms with Crippen LogP contribution in [0.2, 0.25) is 0 Å². The van der Waals surface area contributed by atoms with Gasteiger partial charge in [-0.3, -0.25) is 9.59 Å². The van der Waals surface area contributed by atoms with Gasteiger partial charge in [-0.2, -0.15) is 0 Å². The van der Waals surface area contributed by atoms with Crippen molar-refractivity contribution in [2.75, 3.05) is 27.4 Å². The lowest BCUT2D eigenvalue weighted by molar-refractivity contribution is 0.0842. The first-order valence-corrected chi connectivity index (χ1v) is 7.94. The van der Waals surface area contributed by atoms with E-state index < -0.39 is 0 Å². The number of aryl methyl sites for hydroxylation is 2. The molecule has 3 rings (SSSR count). The minimum Gasteiger partial charge on any atom is -0.377 e. The molecule has 2 aromatic rings. The van der Waals surface area contributed by atoms with Crippen molar-refractivity contribution in [3.63, 3.8) is 0 Å². The fourth-order valence-corrected chi connectivity index (χ4v) is 3.17. The van der Waals surface area contributed by atoms with Gasteiger partial charge in [0.2, 0.25) is 0 Å². The lowest BCUT2D eigenvalue weighted by Crippen LogP contribution is -2.12. The topological polar surface area (TPSA) is 52.6 Å². The summed E-state index contributed by atoms with van der Waals surface area (Å²) >= 11 is 0. The minimum atomic E-state index is -0.00777. The Morgan fingerprint density at radius 2 is 1.21 bits per heavy atom. The predicted molar refractivity (Wildman–Crippen MR) is 91.7 cm³/mol. The SMILES string of the molecule is COCC(=O)c1ccc2c(c1)CCc1cc(C(=O)COC)ccc1-2. The Morgan fingerprint density at radius 3 is 1.58 bits per heavy atom. The highest BCUT2D eigenvalue weighted by Crippen LogP contribution is 2.34. The Hall–Kier alpha value is -2.30. The summed E-state index contributed by atoms with van der Waals surface area (Å²) in [5.74, 6) is -0.0155. The highest BCUT2D eigenvalue weighted by Gasteiger charge is 2.19. The van der Waals surface area contributed by atoms with Crippen molar-refractivity contribution >= 4 is 11.6 Å². The average Bonchev–Trinajstić information content (AvgIpc) is 2.61. The molecule has 0 radical (unpaired) electrons. The molecule has 0 spiro atoms. The maximum absolute atomic E-state index is 12.0. The van der Waals surface area contributed by atoms with E-state index >= 15 is 0 Å². The number of rotatable bonds is 6. The van der Waals surface area contributed by atoms with Crippen LogP contribution in [0.4, 0.5) is 0 Å². The van der Waals surface area contributed by atoms with E-state index in [-0.39, 0.29) is 24.8 Å². The van der Waals surface area contributed by atoms with E-state index in [1.807, 2.05) is 36.4 Å². The van der Waals surface area contributed by atoms with E-state index in [4.69, 9.17) is 9.47 Å². The van der Waals surface area contributed by atoms with E-state index in [1.165, 1.54) is 25.3 Å². The molecular formula is C20H20O4. The number of benzene rings is 2. The summed E-state index contributed by atoms with van der Waals surface area (Å²) < 4.78 is 9.84. The second-order valence-corrected chi connectivity index (χ2v) is 5.96. The Labute approximate surface area is 141 Å². The van der Waals surface area contributed by atoms with Crippen molar-refractivity contribution in [2.45, 2.75) is 12.8 Å². The summed E-state index contributed by atoms with van der Waals surface area (Å²) in [5, 5.41) is 0. The van der Waals surface area contributed by atoms with Crippen molar-refractivity contribution < 1.29 is 19.1 Å². The highest BCUT2D eigenvalue weighted by atomic mass is 16.5. The van der Waals surface area contributed by atoms with Gasteiger partial charge < -0.3 is 9.47 Å². The number of methoxy groups -OCH3 is 2. The summed E-state index contributed by atoms with van der Waals surface area (Å²) in [6.45, 7) is 0.195. The fourth-order valence-electron chi connectivity index (χ4n) is 3.17. The lowest BCUT2D eigenvalue weighted by atomic mass is 9.83. The van der Waals surface area contributed by atoms with Gasteiger partial charge in [-0.25, -0.2) is 0 Å². The molecule has 2 aromatic carbocycles. The lowest BCUT2D eigenvalue weighted by Gasteiger charge is -2.21. The normalized spacial score (nSPS) is 12.4. The quantitative estimate of drug-likeness (QED) is 0.766. The highest BCUT2D eigenvalue weighted by molar-refractivity contribution is 5.99. The molecule has 0 atom stereocenters. The van der Waals surface area contributed by atoms with Gasteiger partial charge in [0.25, 0.3) is 0 Å². The standard InChI is InChI=1S/C20H20O4/c1-23-11-19(21)15-5-7-17-13(9-15)3-4-14-10-16(6-8-18(14)17)20(22)12-24-2/h5-10H,3-4,11-12H2,1-2H3. The van der Waals surface area contributed by atoms with Crippen LogP contribution < -0.4 is 0 Å². The van der Waals surface area contributed by atoms with Gasteiger partial charge in [-0.1, -0.05) is 24.3 Å². The van der Waals surface area contributed by atoms with Crippen LogP contribution in [-0.2, 0) is 22.3 Å². The molecule has 0 N–H and O–H groups in total. The van der Waals surface area contributed by atoms with Crippen LogP contribution in [0.5, 0.6) is 0 Å². The Morgan fingerprint density at radius 1 is 0.792 bits per heavy atom. The monoisotopic (exact) mass is 324 g/mol. The maximum atomic E-state index is 12.0. The summed E-state index contributed by atoms with van der Waals surface area (Å²) in [7, 11) is 3.05. The molecule has 0 aliphatic heterocycles. The van der Waals surface area contributed by atoms with Gasteiger partial charge in [0.1, 0.15) is 13.2 Å². The predicted octanol–water partition coefficient (Wildman–Crippen LogP) is 3.11. The van der Waals surface area contributed by atoms with E-state index in [1.54, 1.807) is 0 Å². The number of carbonyl (C=O) groups excluding carboxylic acids is 2. The molecule has 0 bridgehead atoms. The molecule has 0 saturated carbocycles. The molecule has 24 heavy (non-hydrogen) atoms. The third-order valence-electron chi connectivity index (χ3n) is 4.36. The zero-order valence-electron chi connectivity index (χ0n) is 13.9. The molecule has 0 fully saturated rings. The van der Waals surface area contributed by atoms with Crippen LogP contribution in [-0.4, -0.2) is 39.0 Å². The van der Waals surface area contributed by atoms with Gasteiger partial charge in [0.15, 0.2) is 11.6 Å². The number of hydrogen-bond donors (Lipinski definition) is 0. The van der Waals surface area contributed by atoms with Crippen molar-refractivity contribution in [1.29, 1.82) is 0 Å². The van der Waals surface area contributed by atoms with Crippen molar-refractivity contribution in [2.24, 2.45) is 0 Å². The maximum Gasteiger partial charge on any atom is 0.188 e. The Balaban J connectivity index is 1.94. The van der Waals surface area contributed by atoms with Crippen LogP contribution in [0.15, 0.2) is 36.4 Å². The van der Waals surface area contributed by atoms with Gasteiger partial charge >= 0.3 is 0 Å². The van der Waals surface area contributed by atoms with E-state index in [0.717, 1.165) is 24.0 Å². The van der Waals surface area contributed by atoms with E-state index in [0.29, 0.717) is 11.1 Å². The molecule has 0 amide bonds. The number of ether oxygens (including phenoxy) is 2. The summed E-state index contributed by atoms with van der Waals surface area (Å²) in [6.07, 6.45) is 1.72. The first-order chi connectivity index (χ1) is 11.6. The molecule has 124 valence electrons. The van der Waals surface area contributed by atoms with Gasteiger partial charge in [0.05, 0.1) is 0 Å². The zero-order valence-corrected chi connectivity index (χ0v) is 13.9. The summed E-state index contributed by atoms with van der Waals surface area (Å²) in [5.41, 5.74) is 5.98. The summed E-state index contributed by atoms with van der Waals surface area (Å²) in [6, 6.07) is 11.6. The average molecular weight is 324 g/mol. The molecule has 1 aliphatic carbocycles. The first kappa shape index (κ1) is 16.6. The molecule has 0 saturated heterocycles. The second kappa shape index (κ2) is 7.07. The molecule has 4 heteroatoms. The first-order valence-electron chi connectivity index (χ1n) is 7.94. The van der Waals surface area contributed by atoms with Gasteiger partial charge in [-0.15, -0.1) is 0 Å². The fraction of sp³-hybridized carbons (Fsp3) is 0.300. The van der Waals surface area contributed by atoms with E-state index in [2.05, 4.69) is 0 Å². The summed E-state index contributed by atoms with van der Waals surface area (Å²) in [4.78, 5) is 24.0. The Kier molecular flexibility index (Phi) is 4.88. The Bertz CT molecular complexity index is 725. The van der Waals surface area contributed by atoms with Crippen LogP contribution >= 0.6 is 0 Å². The zero-order chi connectivity index (χ0) is 17.1. The van der Waals surface area contributed by atoms with Crippen LogP contribution in [0.25, 0.3) is 11.1 Å². The number of carbonyl (C=O) groups is 2. The largest absolute Gasteiger partial charge is 0.377 e. The number of ketones is 2. The van der Waals surface area contributed by atoms with Crippen LogP contribution in [0.1, 0.15) is 31.8 Å². The molecule has 0 aromatic heterocycles. The molecular weight excluding hydrogens is 304 g/mol. The molecule has 1 aliphatic rings. The van der Waals surface area contributed by atoms with Crippen molar-refractivity contribution in [1.82, 2.24) is 0 Å². The number of Topliss-reactive ketones (excluding diaryl/α,β-unsaturated/α-hetero) is 2. The number of fused-ring (bicyclic) bond motifs is 3. The minimum absolute atomic E-state index is 0.00777.